The van der Waals surface area contributed by atoms with Crippen molar-refractivity contribution in [3.05, 3.63) is 0 Å². The molecule has 1 heterocycles. The van der Waals surface area contributed by atoms with Crippen LogP contribution in [0.15, 0.2) is 0 Å². The SMILES string of the molecule is CCCCCCCCCCC[C@@H]1NC(=O)[C@@H]1NC(=O)OC(C)(C)C. The van der Waals surface area contributed by atoms with Crippen LogP contribution in [-0.2, 0) is 9.53 Å². The predicted octanol–water partition coefficient (Wildman–Crippen LogP) is 4.30. The van der Waals surface area contributed by atoms with Gasteiger partial charge in [0, 0.05) is 0 Å². The van der Waals surface area contributed by atoms with E-state index < -0.39 is 17.7 Å². The van der Waals surface area contributed by atoms with Crippen molar-refractivity contribution >= 4 is 12.0 Å². The normalized spacial score (nSPS) is 20.2. The standard InChI is InChI=1S/C19H36N2O3/c1-5-6-7-8-9-10-11-12-13-14-15-16(17(22)20-15)21-18(23)24-19(2,3)4/h15-16H,5-14H2,1-4H3,(H,20,22)(H,21,23)/t15-,16+/m0/s1. The number of amides is 2. The van der Waals surface area contributed by atoms with Crippen LogP contribution in [0.2, 0.25) is 0 Å². The fraction of sp³-hybridized carbons (Fsp3) is 0.895. The summed E-state index contributed by atoms with van der Waals surface area (Å²) in [5.74, 6) is -0.109. The first-order valence-electron chi connectivity index (χ1n) is 9.63. The van der Waals surface area contributed by atoms with Crippen molar-refractivity contribution in [2.24, 2.45) is 0 Å². The highest BCUT2D eigenvalue weighted by molar-refractivity contribution is 5.92. The maximum atomic E-state index is 11.8. The number of unbranched alkanes of at least 4 members (excludes halogenated alkanes) is 8. The molecule has 0 aromatic rings. The molecule has 24 heavy (non-hydrogen) atoms. The summed E-state index contributed by atoms with van der Waals surface area (Å²) >= 11 is 0. The zero-order valence-corrected chi connectivity index (χ0v) is 16.0. The van der Waals surface area contributed by atoms with Crippen LogP contribution in [0, 0.1) is 0 Å². The number of nitrogens with one attached hydrogen (secondary N) is 2. The van der Waals surface area contributed by atoms with Crippen molar-refractivity contribution in [3.63, 3.8) is 0 Å². The topological polar surface area (TPSA) is 67.4 Å². The van der Waals surface area contributed by atoms with Gasteiger partial charge >= 0.3 is 6.09 Å². The molecule has 2 N–H and O–H groups in total. The Labute approximate surface area is 147 Å². The zero-order chi connectivity index (χ0) is 18.0. The average molecular weight is 341 g/mol. The number of ether oxygens (including phenoxy) is 1. The van der Waals surface area contributed by atoms with E-state index in [1.165, 1.54) is 51.4 Å². The van der Waals surface area contributed by atoms with E-state index in [-0.39, 0.29) is 11.9 Å². The number of rotatable bonds is 11. The summed E-state index contributed by atoms with van der Waals surface area (Å²) in [7, 11) is 0. The van der Waals surface area contributed by atoms with E-state index in [4.69, 9.17) is 4.74 Å². The Morgan fingerprint density at radius 2 is 1.58 bits per heavy atom. The molecule has 1 aliphatic rings. The molecule has 1 rings (SSSR count). The molecule has 1 aliphatic heterocycles. The van der Waals surface area contributed by atoms with Crippen molar-refractivity contribution in [1.29, 1.82) is 0 Å². The van der Waals surface area contributed by atoms with Crippen molar-refractivity contribution in [2.45, 2.75) is 110 Å². The second kappa shape index (κ2) is 10.6. The number of carbonyl (C=O) groups is 2. The monoisotopic (exact) mass is 340 g/mol. The van der Waals surface area contributed by atoms with Gasteiger partial charge in [0.05, 0.1) is 6.04 Å². The molecule has 0 aromatic carbocycles. The molecule has 0 unspecified atom stereocenters. The first-order valence-corrected chi connectivity index (χ1v) is 9.63. The summed E-state index contributed by atoms with van der Waals surface area (Å²) in [6, 6.07) is -0.386. The Bertz CT molecular complexity index is 391. The molecular weight excluding hydrogens is 304 g/mol. The summed E-state index contributed by atoms with van der Waals surface area (Å²) in [6.45, 7) is 7.68. The van der Waals surface area contributed by atoms with Gasteiger partial charge in [0.1, 0.15) is 11.6 Å². The molecule has 140 valence electrons. The molecule has 0 spiro atoms. The van der Waals surface area contributed by atoms with E-state index in [1.807, 2.05) is 20.8 Å². The Kier molecular flexibility index (Phi) is 9.16. The molecule has 0 saturated carbocycles. The van der Waals surface area contributed by atoms with E-state index in [0.717, 1.165) is 12.8 Å². The Morgan fingerprint density at radius 1 is 1.04 bits per heavy atom. The van der Waals surface area contributed by atoms with E-state index >= 15 is 0 Å². The molecule has 0 aliphatic carbocycles. The summed E-state index contributed by atoms with van der Waals surface area (Å²) < 4.78 is 5.21. The van der Waals surface area contributed by atoms with Gasteiger partial charge in [0.2, 0.25) is 5.91 Å². The van der Waals surface area contributed by atoms with Crippen LogP contribution >= 0.6 is 0 Å². The Morgan fingerprint density at radius 3 is 2.08 bits per heavy atom. The van der Waals surface area contributed by atoms with Gasteiger partial charge in [-0.25, -0.2) is 4.79 Å². The quantitative estimate of drug-likeness (QED) is 0.435. The van der Waals surface area contributed by atoms with Crippen LogP contribution in [0.5, 0.6) is 0 Å². The van der Waals surface area contributed by atoms with E-state index in [1.54, 1.807) is 0 Å². The minimum atomic E-state index is -0.545. The second-order valence-electron chi connectivity index (χ2n) is 7.86. The van der Waals surface area contributed by atoms with Crippen LogP contribution in [0.25, 0.3) is 0 Å². The van der Waals surface area contributed by atoms with Crippen LogP contribution < -0.4 is 10.6 Å². The molecule has 2 atom stereocenters. The number of hydrogen-bond donors (Lipinski definition) is 2. The zero-order valence-electron chi connectivity index (χ0n) is 16.0. The number of alkyl carbamates (subject to hydrolysis) is 1. The lowest BCUT2D eigenvalue weighted by atomic mass is 9.93. The largest absolute Gasteiger partial charge is 0.444 e. The maximum absolute atomic E-state index is 11.8. The third-order valence-electron chi connectivity index (χ3n) is 4.30. The van der Waals surface area contributed by atoms with Crippen LogP contribution in [0.3, 0.4) is 0 Å². The van der Waals surface area contributed by atoms with Crippen LogP contribution in [0.1, 0.15) is 91.9 Å². The van der Waals surface area contributed by atoms with Crippen molar-refractivity contribution in [2.75, 3.05) is 0 Å². The highest BCUT2D eigenvalue weighted by Crippen LogP contribution is 2.17. The van der Waals surface area contributed by atoms with Crippen LogP contribution in [-0.4, -0.2) is 29.7 Å². The average Bonchev–Trinajstić information content (AvgIpc) is 2.48. The molecule has 2 amide bonds. The lowest BCUT2D eigenvalue weighted by molar-refractivity contribution is -0.131. The number of hydrogen-bond acceptors (Lipinski definition) is 3. The van der Waals surface area contributed by atoms with Crippen LogP contribution in [0.4, 0.5) is 4.79 Å². The first kappa shape index (κ1) is 20.8. The summed E-state index contributed by atoms with van der Waals surface area (Å²) in [5, 5.41) is 5.56. The number of carbonyl (C=O) groups excluding carboxylic acids is 2. The van der Waals surface area contributed by atoms with E-state index in [2.05, 4.69) is 17.6 Å². The molecule has 0 bridgehead atoms. The van der Waals surface area contributed by atoms with E-state index in [9.17, 15) is 9.59 Å². The molecule has 1 fully saturated rings. The smallest absolute Gasteiger partial charge is 0.408 e. The molecule has 0 radical (unpaired) electrons. The van der Waals surface area contributed by atoms with Gasteiger partial charge in [-0.1, -0.05) is 64.7 Å². The second-order valence-corrected chi connectivity index (χ2v) is 7.86. The summed E-state index contributed by atoms with van der Waals surface area (Å²) in [5.41, 5.74) is -0.545. The van der Waals surface area contributed by atoms with Crippen molar-refractivity contribution < 1.29 is 14.3 Å². The fourth-order valence-electron chi connectivity index (χ4n) is 2.96. The fourth-order valence-corrected chi connectivity index (χ4v) is 2.96. The third kappa shape index (κ3) is 8.55. The molecular formula is C19H36N2O3. The highest BCUT2D eigenvalue weighted by atomic mass is 16.6. The van der Waals surface area contributed by atoms with Gasteiger partial charge in [-0.3, -0.25) is 4.79 Å². The summed E-state index contributed by atoms with van der Waals surface area (Å²) in [4.78, 5) is 23.4. The number of β-lactam (4-membered cyclic amide) rings is 1. The lowest BCUT2D eigenvalue weighted by Gasteiger charge is -2.37. The minimum absolute atomic E-state index is 0.0505. The Hall–Kier alpha value is -1.26. The van der Waals surface area contributed by atoms with Gasteiger partial charge in [0.15, 0.2) is 0 Å². The third-order valence-corrected chi connectivity index (χ3v) is 4.30. The van der Waals surface area contributed by atoms with Gasteiger partial charge in [-0.15, -0.1) is 0 Å². The Balaban J connectivity index is 2.08. The minimum Gasteiger partial charge on any atom is -0.444 e. The first-order chi connectivity index (χ1) is 11.3. The van der Waals surface area contributed by atoms with Crippen molar-refractivity contribution in [1.82, 2.24) is 10.6 Å². The lowest BCUT2D eigenvalue weighted by Crippen LogP contribution is -2.69. The van der Waals surface area contributed by atoms with E-state index in [0.29, 0.717) is 0 Å². The highest BCUT2D eigenvalue weighted by Gasteiger charge is 2.40. The predicted molar refractivity (Wildman–Crippen MR) is 96.9 cm³/mol. The van der Waals surface area contributed by atoms with Gasteiger partial charge in [0.25, 0.3) is 0 Å². The maximum Gasteiger partial charge on any atom is 0.408 e. The van der Waals surface area contributed by atoms with Gasteiger partial charge in [-0.05, 0) is 27.2 Å². The molecule has 5 nitrogen and oxygen atoms in total. The van der Waals surface area contributed by atoms with Crippen molar-refractivity contribution in [3.8, 4) is 0 Å². The van der Waals surface area contributed by atoms with Gasteiger partial charge < -0.3 is 15.4 Å². The summed E-state index contributed by atoms with van der Waals surface area (Å²) in [6.07, 6.45) is 12.0. The molecule has 5 heteroatoms. The van der Waals surface area contributed by atoms with Gasteiger partial charge in [-0.2, -0.15) is 0 Å². The molecule has 0 aromatic heterocycles. The molecule has 1 saturated heterocycles.